The molecule has 0 aliphatic heterocycles. The first-order valence-corrected chi connectivity index (χ1v) is 6.53. The van der Waals surface area contributed by atoms with Gasteiger partial charge in [0.25, 0.3) is 5.22 Å². The van der Waals surface area contributed by atoms with Gasteiger partial charge in [-0.05, 0) is 45.5 Å². The second kappa shape index (κ2) is 5.05. The quantitative estimate of drug-likeness (QED) is 0.929. The Hall–Kier alpha value is -1.82. The van der Waals surface area contributed by atoms with Crippen LogP contribution < -0.4 is 0 Å². The summed E-state index contributed by atoms with van der Waals surface area (Å²) in [5, 5.41) is 9.72. The van der Waals surface area contributed by atoms with Crippen LogP contribution in [0.15, 0.2) is 20.6 Å². The molecule has 19 heavy (non-hydrogen) atoms. The molecule has 2 rings (SSSR count). The Bertz CT molecular complexity index is 630. The van der Waals surface area contributed by atoms with Gasteiger partial charge in [-0.1, -0.05) is 0 Å². The van der Waals surface area contributed by atoms with E-state index in [0.717, 1.165) is 17.1 Å². The summed E-state index contributed by atoms with van der Waals surface area (Å²) in [7, 11) is 0. The Balaban J connectivity index is 2.46. The van der Waals surface area contributed by atoms with Crippen LogP contribution in [0.1, 0.15) is 33.2 Å². The summed E-state index contributed by atoms with van der Waals surface area (Å²) in [4.78, 5) is 20.3. The molecule has 0 saturated carbocycles. The summed E-state index contributed by atoms with van der Waals surface area (Å²) in [5.41, 5.74) is 2.27. The molecule has 0 radical (unpaired) electrons. The van der Waals surface area contributed by atoms with Crippen molar-refractivity contribution < 1.29 is 14.3 Å². The second-order valence-corrected chi connectivity index (χ2v) is 5.24. The van der Waals surface area contributed by atoms with Gasteiger partial charge in [0.15, 0.2) is 0 Å². The Morgan fingerprint density at radius 1 is 1.21 bits per heavy atom. The van der Waals surface area contributed by atoms with Crippen molar-refractivity contribution in [2.24, 2.45) is 0 Å². The lowest BCUT2D eigenvalue weighted by atomic mass is 10.2. The van der Waals surface area contributed by atoms with E-state index < -0.39 is 5.97 Å². The van der Waals surface area contributed by atoms with E-state index in [1.165, 1.54) is 11.8 Å². The van der Waals surface area contributed by atoms with Crippen molar-refractivity contribution in [2.75, 3.05) is 0 Å². The zero-order chi connectivity index (χ0) is 14.2. The van der Waals surface area contributed by atoms with Gasteiger partial charge in [0.05, 0.1) is 17.0 Å². The molecule has 0 atom stereocenters. The van der Waals surface area contributed by atoms with Gasteiger partial charge in [-0.3, -0.25) is 4.98 Å². The van der Waals surface area contributed by atoms with E-state index in [1.54, 1.807) is 13.0 Å². The van der Waals surface area contributed by atoms with E-state index in [1.807, 2.05) is 20.8 Å². The number of carboxylic acid groups (broad SMARTS) is 1. The summed E-state index contributed by atoms with van der Waals surface area (Å²) in [6, 6.07) is 1.73. The van der Waals surface area contributed by atoms with Gasteiger partial charge in [-0.25, -0.2) is 9.78 Å². The molecule has 5 nitrogen and oxygen atoms in total. The minimum Gasteiger partial charge on any atom is -0.478 e. The number of pyridine rings is 1. The van der Waals surface area contributed by atoms with Crippen LogP contribution in [0.5, 0.6) is 0 Å². The fourth-order valence-electron chi connectivity index (χ4n) is 1.71. The molecule has 2 aromatic heterocycles. The summed E-state index contributed by atoms with van der Waals surface area (Å²) in [5.74, 6) is -0.255. The number of aromatic carboxylic acids is 1. The molecule has 0 saturated heterocycles. The highest BCUT2D eigenvalue weighted by Crippen LogP contribution is 2.32. The molecule has 2 heterocycles. The zero-order valence-electron chi connectivity index (χ0n) is 11.1. The highest BCUT2D eigenvalue weighted by molar-refractivity contribution is 7.99. The van der Waals surface area contributed by atoms with Crippen molar-refractivity contribution in [1.82, 2.24) is 9.97 Å². The molecule has 0 unspecified atom stereocenters. The third-order valence-corrected chi connectivity index (χ3v) is 3.60. The van der Waals surface area contributed by atoms with Crippen LogP contribution in [0.4, 0.5) is 0 Å². The number of hydrogen-bond acceptors (Lipinski definition) is 5. The van der Waals surface area contributed by atoms with E-state index in [0.29, 0.717) is 15.8 Å². The number of nitrogens with zero attached hydrogens (tertiary/aromatic N) is 2. The Morgan fingerprint density at radius 2 is 1.89 bits per heavy atom. The van der Waals surface area contributed by atoms with Gasteiger partial charge in [0.2, 0.25) is 0 Å². The lowest BCUT2D eigenvalue weighted by molar-refractivity contribution is 0.0691. The zero-order valence-corrected chi connectivity index (χ0v) is 12.0. The van der Waals surface area contributed by atoms with Crippen LogP contribution in [0.3, 0.4) is 0 Å². The number of carbonyl (C=O) groups is 1. The lowest BCUT2D eigenvalue weighted by Gasteiger charge is -2.07. The minimum atomic E-state index is -0.993. The first kappa shape index (κ1) is 13.6. The Morgan fingerprint density at radius 3 is 2.42 bits per heavy atom. The van der Waals surface area contributed by atoms with Gasteiger partial charge in [0.1, 0.15) is 5.76 Å². The molecule has 6 heteroatoms. The molecule has 1 N–H and O–H groups in total. The molecule has 0 aliphatic carbocycles. The third kappa shape index (κ3) is 2.78. The number of oxazole rings is 1. The lowest BCUT2D eigenvalue weighted by Crippen LogP contribution is -2.05. The molecular formula is C13H14N2O3S. The topological polar surface area (TPSA) is 76.2 Å². The Labute approximate surface area is 115 Å². The fourth-order valence-corrected chi connectivity index (χ4v) is 2.82. The largest absolute Gasteiger partial charge is 0.478 e. The monoisotopic (exact) mass is 278 g/mol. The van der Waals surface area contributed by atoms with Crippen molar-refractivity contribution in [1.29, 1.82) is 0 Å². The summed E-state index contributed by atoms with van der Waals surface area (Å²) in [6.07, 6.45) is 0. The first-order valence-electron chi connectivity index (χ1n) is 5.72. The average molecular weight is 278 g/mol. The number of aryl methyl sites for hydroxylation is 4. The summed E-state index contributed by atoms with van der Waals surface area (Å²) in [6.45, 7) is 7.19. The highest BCUT2D eigenvalue weighted by Gasteiger charge is 2.18. The SMILES string of the molecule is Cc1cc(Sc2nc(C)c(C)o2)c(C(=O)O)c(C)n1. The van der Waals surface area contributed by atoms with Crippen LogP contribution in [0.2, 0.25) is 0 Å². The van der Waals surface area contributed by atoms with E-state index in [-0.39, 0.29) is 5.56 Å². The maximum atomic E-state index is 11.3. The van der Waals surface area contributed by atoms with Crippen molar-refractivity contribution in [3.8, 4) is 0 Å². The second-order valence-electron chi connectivity index (χ2n) is 4.25. The van der Waals surface area contributed by atoms with E-state index in [2.05, 4.69) is 9.97 Å². The normalized spacial score (nSPS) is 10.7. The molecule has 100 valence electrons. The maximum Gasteiger partial charge on any atom is 0.338 e. The number of aromatic nitrogens is 2. The average Bonchev–Trinajstić information content (AvgIpc) is 2.55. The van der Waals surface area contributed by atoms with Crippen molar-refractivity contribution in [3.63, 3.8) is 0 Å². The van der Waals surface area contributed by atoms with Crippen LogP contribution in [-0.2, 0) is 0 Å². The van der Waals surface area contributed by atoms with Crippen molar-refractivity contribution in [3.05, 3.63) is 34.5 Å². The smallest absolute Gasteiger partial charge is 0.338 e. The van der Waals surface area contributed by atoms with Crippen LogP contribution in [0.25, 0.3) is 0 Å². The number of carboxylic acids is 1. The van der Waals surface area contributed by atoms with Crippen LogP contribution >= 0.6 is 11.8 Å². The molecule has 0 aromatic carbocycles. The molecule has 0 fully saturated rings. The molecule has 2 aromatic rings. The predicted octanol–water partition coefficient (Wildman–Crippen LogP) is 3.15. The summed E-state index contributed by atoms with van der Waals surface area (Å²) < 4.78 is 5.47. The maximum absolute atomic E-state index is 11.3. The van der Waals surface area contributed by atoms with Gasteiger partial charge < -0.3 is 9.52 Å². The molecular weight excluding hydrogens is 264 g/mol. The molecule has 0 spiro atoms. The fraction of sp³-hybridized carbons (Fsp3) is 0.308. The van der Waals surface area contributed by atoms with E-state index in [4.69, 9.17) is 4.42 Å². The van der Waals surface area contributed by atoms with Crippen LogP contribution in [0, 0.1) is 27.7 Å². The van der Waals surface area contributed by atoms with E-state index in [9.17, 15) is 9.90 Å². The molecule has 0 bridgehead atoms. The minimum absolute atomic E-state index is 0.198. The number of hydrogen-bond donors (Lipinski definition) is 1. The first-order chi connectivity index (χ1) is 8.88. The van der Waals surface area contributed by atoms with Crippen molar-refractivity contribution >= 4 is 17.7 Å². The van der Waals surface area contributed by atoms with Gasteiger partial charge >= 0.3 is 5.97 Å². The molecule has 0 amide bonds. The van der Waals surface area contributed by atoms with Gasteiger partial charge in [-0.2, -0.15) is 0 Å². The summed E-state index contributed by atoms with van der Waals surface area (Å²) >= 11 is 1.21. The van der Waals surface area contributed by atoms with Gasteiger partial charge in [-0.15, -0.1) is 0 Å². The highest BCUT2D eigenvalue weighted by atomic mass is 32.2. The van der Waals surface area contributed by atoms with Gasteiger partial charge in [0, 0.05) is 10.6 Å². The predicted molar refractivity (Wildman–Crippen MR) is 70.8 cm³/mol. The Kier molecular flexibility index (Phi) is 3.61. The molecule has 0 aliphatic rings. The number of rotatable bonds is 3. The third-order valence-electron chi connectivity index (χ3n) is 2.71. The standard InChI is InChI=1S/C13H14N2O3S/c1-6-5-10(11(12(16)17)8(3)14-6)19-13-15-7(2)9(4)18-13/h5H,1-4H3,(H,16,17). The van der Waals surface area contributed by atoms with Crippen molar-refractivity contribution in [2.45, 2.75) is 37.8 Å². The van der Waals surface area contributed by atoms with E-state index >= 15 is 0 Å². The van der Waals surface area contributed by atoms with Crippen LogP contribution in [-0.4, -0.2) is 21.0 Å².